The van der Waals surface area contributed by atoms with Crippen LogP contribution in [0.25, 0.3) is 33.2 Å². The van der Waals surface area contributed by atoms with Crippen LogP contribution in [0.3, 0.4) is 0 Å². The van der Waals surface area contributed by atoms with Crippen molar-refractivity contribution in [2.45, 2.75) is 55.8 Å². The first-order valence-corrected chi connectivity index (χ1v) is 20.1. The minimum atomic E-state index is -5.10. The fourth-order valence-electron chi connectivity index (χ4n) is 7.99. The first kappa shape index (κ1) is 38.0. The second-order valence-electron chi connectivity index (χ2n) is 14.8. The molecule has 12 nitrogen and oxygen atoms in total. The number of aromatic amines is 1. The molecule has 302 valence electrons. The highest BCUT2D eigenvalue weighted by Crippen LogP contribution is 2.60. The van der Waals surface area contributed by atoms with Gasteiger partial charge in [0.05, 0.1) is 45.4 Å². The monoisotopic (exact) mass is 847 g/mol. The summed E-state index contributed by atoms with van der Waals surface area (Å²) in [5, 5.41) is 10.8. The molecule has 1 amide bonds. The Labute approximate surface area is 328 Å². The normalized spacial score (nSPS) is 19.0. The molecular weight excluding hydrogens is 819 g/mol. The molecule has 0 saturated heterocycles. The summed E-state index contributed by atoms with van der Waals surface area (Å²) in [4.78, 5) is 26.8. The van der Waals surface area contributed by atoms with Crippen LogP contribution in [0.2, 0.25) is 5.02 Å². The molecule has 3 aliphatic rings. The summed E-state index contributed by atoms with van der Waals surface area (Å²) in [6.07, 6.45) is -0.428. The average Bonchev–Trinajstić information content (AvgIpc) is 3.56. The fraction of sp³-hybridized carbons (Fsp3) is 0.324. The highest BCUT2D eigenvalue weighted by atomic mass is 35.5. The van der Waals surface area contributed by atoms with Crippen LogP contribution in [0.1, 0.15) is 64.8 Å². The number of hydrogen-bond donors (Lipinski definition) is 3. The van der Waals surface area contributed by atoms with Crippen LogP contribution in [0, 0.1) is 17.6 Å². The Morgan fingerprint density at radius 1 is 1.05 bits per heavy atom. The summed E-state index contributed by atoms with van der Waals surface area (Å²) in [6, 6.07) is 6.08. The quantitative estimate of drug-likeness (QED) is 0.0961. The van der Waals surface area contributed by atoms with E-state index in [2.05, 4.69) is 30.2 Å². The van der Waals surface area contributed by atoms with E-state index < -0.39 is 81.0 Å². The molecule has 0 unspecified atom stereocenters. The number of benzene rings is 2. The number of fused-ring (bicyclic) bond motifs is 5. The topological polar surface area (TPSA) is 152 Å². The average molecular weight is 848 g/mol. The van der Waals surface area contributed by atoms with E-state index in [1.165, 1.54) is 23.9 Å². The predicted molar refractivity (Wildman–Crippen MR) is 196 cm³/mol. The van der Waals surface area contributed by atoms with Crippen LogP contribution >= 0.6 is 11.6 Å². The summed E-state index contributed by atoms with van der Waals surface area (Å²) in [5.74, 6) is -8.81. The number of hydrogen-bond acceptors (Lipinski definition) is 7. The van der Waals surface area contributed by atoms with Gasteiger partial charge < -0.3 is 10.3 Å². The van der Waals surface area contributed by atoms with Gasteiger partial charge in [0.15, 0.2) is 17.2 Å². The molecule has 9 rings (SSSR count). The number of anilines is 1. The molecule has 4 heterocycles. The lowest BCUT2D eigenvalue weighted by molar-refractivity contribution is -0.142. The van der Waals surface area contributed by atoms with Crippen LogP contribution in [-0.4, -0.2) is 55.1 Å². The minimum Gasteiger partial charge on any atom is -0.346 e. The van der Waals surface area contributed by atoms with E-state index in [9.17, 15) is 35.2 Å². The second-order valence-corrected chi connectivity index (χ2v) is 16.9. The van der Waals surface area contributed by atoms with Crippen LogP contribution in [0.4, 0.5) is 36.6 Å². The Kier molecular flexibility index (Phi) is 8.53. The number of H-pyrrole nitrogens is 1. The lowest BCUT2D eigenvalue weighted by atomic mass is 9.81. The van der Waals surface area contributed by atoms with Gasteiger partial charge >= 0.3 is 6.18 Å². The maximum absolute atomic E-state index is 15.6. The van der Waals surface area contributed by atoms with Crippen molar-refractivity contribution in [1.82, 2.24) is 39.8 Å². The molecule has 1 saturated carbocycles. The van der Waals surface area contributed by atoms with E-state index in [1.54, 1.807) is 12.1 Å². The number of rotatable bonds is 10. The summed E-state index contributed by atoms with van der Waals surface area (Å²) < 4.78 is 132. The molecule has 3 atom stereocenters. The van der Waals surface area contributed by atoms with Crippen molar-refractivity contribution in [3.8, 4) is 11.1 Å². The third-order valence-electron chi connectivity index (χ3n) is 10.6. The maximum Gasteiger partial charge on any atom is 0.435 e. The Hall–Kier alpha value is -5.50. The van der Waals surface area contributed by atoms with Gasteiger partial charge in [0.25, 0.3) is 5.92 Å². The number of aryl methyl sites for hydroxylation is 1. The Balaban J connectivity index is 1.20. The molecule has 0 spiro atoms. The zero-order valence-electron chi connectivity index (χ0n) is 30.1. The lowest BCUT2D eigenvalue weighted by Gasteiger charge is -2.27. The van der Waals surface area contributed by atoms with Crippen LogP contribution in [0.15, 0.2) is 48.6 Å². The zero-order chi connectivity index (χ0) is 41.2. The van der Waals surface area contributed by atoms with Gasteiger partial charge in [-0.15, -0.1) is 0 Å². The molecule has 0 bridgehead atoms. The van der Waals surface area contributed by atoms with Gasteiger partial charge in [0.1, 0.15) is 29.7 Å². The van der Waals surface area contributed by atoms with Crippen LogP contribution < -0.4 is 10.0 Å². The molecule has 21 heteroatoms. The van der Waals surface area contributed by atoms with E-state index in [-0.39, 0.29) is 51.0 Å². The Bertz CT molecular complexity index is 2850. The van der Waals surface area contributed by atoms with E-state index in [1.807, 2.05) is 0 Å². The van der Waals surface area contributed by atoms with Gasteiger partial charge in [0, 0.05) is 41.6 Å². The number of imidazole rings is 1. The highest BCUT2D eigenvalue weighted by Gasteiger charge is 2.61. The van der Waals surface area contributed by atoms with Gasteiger partial charge in [-0.1, -0.05) is 29.8 Å². The number of carbonyl (C=O) groups excluding carboxylic acids is 1. The van der Waals surface area contributed by atoms with Gasteiger partial charge in [-0.3, -0.25) is 18.9 Å². The smallest absolute Gasteiger partial charge is 0.346 e. The first-order chi connectivity index (χ1) is 27.3. The number of allylic oxidation sites excluding steroid dienone is 2. The molecule has 1 fully saturated rings. The highest BCUT2D eigenvalue weighted by molar-refractivity contribution is 7.92. The third kappa shape index (κ3) is 6.45. The van der Waals surface area contributed by atoms with E-state index in [0.29, 0.717) is 33.2 Å². The van der Waals surface area contributed by atoms with E-state index in [0.717, 1.165) is 37.3 Å². The maximum atomic E-state index is 15.6. The van der Waals surface area contributed by atoms with Crippen molar-refractivity contribution in [1.29, 1.82) is 0 Å². The van der Waals surface area contributed by atoms with E-state index in [4.69, 9.17) is 16.6 Å². The van der Waals surface area contributed by atoms with Gasteiger partial charge in [0.2, 0.25) is 15.9 Å². The number of alkyl halides is 5. The Morgan fingerprint density at radius 3 is 2.41 bits per heavy atom. The van der Waals surface area contributed by atoms with Gasteiger partial charge in [-0.25, -0.2) is 27.2 Å². The Morgan fingerprint density at radius 2 is 1.78 bits per heavy atom. The number of aromatic nitrogens is 7. The molecule has 58 heavy (non-hydrogen) atoms. The van der Waals surface area contributed by atoms with Gasteiger partial charge in [-0.05, 0) is 49.1 Å². The minimum absolute atomic E-state index is 0.0336. The van der Waals surface area contributed by atoms with Crippen molar-refractivity contribution in [3.63, 3.8) is 0 Å². The number of sulfonamides is 1. The number of nitrogens with one attached hydrogen (secondary N) is 3. The van der Waals surface area contributed by atoms with Crippen LogP contribution in [-0.2, 0) is 46.9 Å². The molecule has 4 aromatic heterocycles. The van der Waals surface area contributed by atoms with Crippen molar-refractivity contribution in [3.05, 3.63) is 99.2 Å². The first-order valence-electron chi connectivity index (χ1n) is 17.8. The van der Waals surface area contributed by atoms with Gasteiger partial charge in [-0.2, -0.15) is 32.1 Å². The number of carbonyl (C=O) groups is 1. The standard InChI is InChI=1S/C37H29ClF7N9O3S/c1-53-30-19(6-8-23(38)28(30)35(51-53)52-58(2,56)57)21-13-25-34(49-33(47-25)16-3-4-16)48-29(21)24(11-15-9-17(39)12-18(40)10-15)46-26(55)14-54-32-27(31(50-54)37(43,44)45)20-5-7-22(20)36(32,41)42/h5-10,12-13,16,20,22,24H,3-4,11,14H2,1-2H3,(H,46,55)(H,51,52)(H,47,48,49)/t20-,22+,24-/m0/s1. The molecule has 0 aliphatic heterocycles. The summed E-state index contributed by atoms with van der Waals surface area (Å²) >= 11 is 6.62. The number of pyridine rings is 1. The molecule has 3 aliphatic carbocycles. The summed E-state index contributed by atoms with van der Waals surface area (Å²) in [6.45, 7) is -1.08. The molecule has 6 aromatic rings. The zero-order valence-corrected chi connectivity index (χ0v) is 31.7. The largest absolute Gasteiger partial charge is 0.435 e. The number of halogens is 8. The predicted octanol–water partition coefficient (Wildman–Crippen LogP) is 7.38. The summed E-state index contributed by atoms with van der Waals surface area (Å²) in [5.41, 5.74) is -1.56. The molecule has 2 aromatic carbocycles. The SMILES string of the molecule is Cn1nc(NS(C)(=O)=O)c2c(Cl)ccc(-c3cc4[nH]c(C5CC5)nc4nc3[C@H](Cc3cc(F)cc(F)c3)NC(=O)Cn3nc(C(F)(F)F)c4c3C(F)(F)[C@@H]3C=C[C@H]43)c21. The third-order valence-corrected chi connectivity index (χ3v) is 11.4. The van der Waals surface area contributed by atoms with Crippen molar-refractivity contribution < 1.29 is 43.9 Å². The molecular formula is C37H29ClF7N9O3S. The fourth-order valence-corrected chi connectivity index (χ4v) is 8.72. The van der Waals surface area contributed by atoms with Crippen molar-refractivity contribution in [2.75, 3.05) is 11.0 Å². The molecule has 0 radical (unpaired) electrons. The molecule has 3 N–H and O–H groups in total. The lowest BCUT2D eigenvalue weighted by Crippen LogP contribution is -2.36. The van der Waals surface area contributed by atoms with Crippen molar-refractivity contribution in [2.24, 2.45) is 13.0 Å². The van der Waals surface area contributed by atoms with Crippen molar-refractivity contribution >= 4 is 55.4 Å². The number of amides is 1. The van der Waals surface area contributed by atoms with E-state index >= 15 is 8.78 Å². The summed E-state index contributed by atoms with van der Waals surface area (Å²) in [7, 11) is -2.31. The second kappa shape index (κ2) is 13.0. The van der Waals surface area contributed by atoms with Crippen LogP contribution in [0.5, 0.6) is 0 Å². The number of nitrogens with zero attached hydrogens (tertiary/aromatic N) is 6.